The van der Waals surface area contributed by atoms with E-state index in [0.29, 0.717) is 0 Å². The zero-order chi connectivity index (χ0) is 12.3. The minimum absolute atomic E-state index is 0.127. The molecule has 0 radical (unpaired) electrons. The number of rotatable bonds is 4. The minimum atomic E-state index is 0.127. The third kappa shape index (κ3) is 2.91. The van der Waals surface area contributed by atoms with E-state index in [1.807, 2.05) is 19.9 Å². The Labute approximate surface area is 106 Å². The van der Waals surface area contributed by atoms with Gasteiger partial charge in [-0.05, 0) is 36.9 Å². The molecule has 1 unspecified atom stereocenters. The van der Waals surface area contributed by atoms with Crippen molar-refractivity contribution >= 4 is 11.3 Å². The van der Waals surface area contributed by atoms with Gasteiger partial charge in [-0.3, -0.25) is 16.3 Å². The molecule has 0 amide bonds. The van der Waals surface area contributed by atoms with Crippen molar-refractivity contribution < 1.29 is 0 Å². The molecule has 0 aliphatic carbocycles. The van der Waals surface area contributed by atoms with Crippen molar-refractivity contribution in [2.75, 3.05) is 0 Å². The molecule has 0 aromatic carbocycles. The number of aryl methyl sites for hydroxylation is 2. The topological polar surface area (TPSA) is 50.9 Å². The van der Waals surface area contributed by atoms with Crippen LogP contribution in [0.3, 0.4) is 0 Å². The molecule has 1 atom stereocenters. The lowest BCUT2D eigenvalue weighted by atomic mass is 10.0. The number of nitrogens with two attached hydrogens (primary N) is 1. The highest BCUT2D eigenvalue weighted by molar-refractivity contribution is 7.09. The summed E-state index contributed by atoms with van der Waals surface area (Å²) in [6.45, 7) is 4.03. The number of thiophene rings is 1. The van der Waals surface area contributed by atoms with Crippen LogP contribution in [0.25, 0.3) is 0 Å². The van der Waals surface area contributed by atoms with Gasteiger partial charge in [0.2, 0.25) is 0 Å². The second kappa shape index (κ2) is 5.40. The maximum Gasteiger partial charge on any atom is 0.0526 e. The number of nitrogens with zero attached hydrogens (tertiary/aromatic N) is 1. The van der Waals surface area contributed by atoms with Gasteiger partial charge in [0.05, 0.1) is 6.04 Å². The average Bonchev–Trinajstić information content (AvgIpc) is 2.79. The summed E-state index contributed by atoms with van der Waals surface area (Å²) in [5, 5.41) is 2.09. The number of hydrogen-bond donors (Lipinski definition) is 2. The quantitative estimate of drug-likeness (QED) is 0.644. The van der Waals surface area contributed by atoms with E-state index in [2.05, 4.69) is 34.0 Å². The predicted octanol–water partition coefficient (Wildman–Crippen LogP) is 2.51. The first-order chi connectivity index (χ1) is 8.20. The lowest BCUT2D eigenvalue weighted by Gasteiger charge is -2.17. The molecule has 3 N–H and O–H groups in total. The summed E-state index contributed by atoms with van der Waals surface area (Å²) in [6.07, 6.45) is 0.903. The Kier molecular flexibility index (Phi) is 3.89. The van der Waals surface area contributed by atoms with Crippen molar-refractivity contribution in [3.8, 4) is 0 Å². The van der Waals surface area contributed by atoms with Crippen LogP contribution >= 0.6 is 11.3 Å². The van der Waals surface area contributed by atoms with Crippen molar-refractivity contribution in [1.82, 2.24) is 10.4 Å². The molecule has 0 fully saturated rings. The van der Waals surface area contributed by atoms with Crippen molar-refractivity contribution in [1.29, 1.82) is 0 Å². The molecule has 2 heterocycles. The zero-order valence-corrected chi connectivity index (χ0v) is 10.9. The van der Waals surface area contributed by atoms with E-state index in [0.717, 1.165) is 17.8 Å². The third-order valence-corrected chi connectivity index (χ3v) is 3.73. The maximum absolute atomic E-state index is 5.66. The van der Waals surface area contributed by atoms with Crippen LogP contribution in [0.2, 0.25) is 0 Å². The van der Waals surface area contributed by atoms with Gasteiger partial charge in [0.25, 0.3) is 0 Å². The summed E-state index contributed by atoms with van der Waals surface area (Å²) < 4.78 is 0. The highest BCUT2D eigenvalue weighted by Crippen LogP contribution is 2.22. The van der Waals surface area contributed by atoms with E-state index in [4.69, 9.17) is 5.84 Å². The number of aromatic nitrogens is 1. The smallest absolute Gasteiger partial charge is 0.0526 e. The molecule has 4 heteroatoms. The molecule has 90 valence electrons. The molecule has 0 saturated carbocycles. The lowest BCUT2D eigenvalue weighted by molar-refractivity contribution is 0.550. The van der Waals surface area contributed by atoms with E-state index < -0.39 is 0 Å². The number of hydrazine groups is 1. The van der Waals surface area contributed by atoms with Gasteiger partial charge in [-0.2, -0.15) is 0 Å². The maximum atomic E-state index is 5.66. The molecule has 0 saturated heterocycles. The minimum Gasteiger partial charge on any atom is -0.271 e. The molecule has 0 aliphatic rings. The van der Waals surface area contributed by atoms with Gasteiger partial charge in [-0.15, -0.1) is 11.3 Å². The number of nitrogens with one attached hydrogen (secondary N) is 1. The molecule has 17 heavy (non-hydrogen) atoms. The SMILES string of the molecule is Cc1ccc(C(Cc2cccs2)NN)c(C)n1. The molecule has 0 aliphatic heterocycles. The Morgan fingerprint density at radius 3 is 2.76 bits per heavy atom. The normalized spacial score (nSPS) is 12.6. The van der Waals surface area contributed by atoms with E-state index in [1.165, 1.54) is 10.4 Å². The van der Waals surface area contributed by atoms with Gasteiger partial charge in [0.15, 0.2) is 0 Å². The molecular weight excluding hydrogens is 230 g/mol. The first kappa shape index (κ1) is 12.2. The van der Waals surface area contributed by atoms with Gasteiger partial charge >= 0.3 is 0 Å². The van der Waals surface area contributed by atoms with Crippen molar-refractivity contribution in [2.24, 2.45) is 5.84 Å². The average molecular weight is 247 g/mol. The van der Waals surface area contributed by atoms with Crippen LogP contribution in [-0.2, 0) is 6.42 Å². The Balaban J connectivity index is 2.23. The first-order valence-electron chi connectivity index (χ1n) is 5.63. The summed E-state index contributed by atoms with van der Waals surface area (Å²) in [4.78, 5) is 5.81. The fourth-order valence-electron chi connectivity index (χ4n) is 1.95. The summed E-state index contributed by atoms with van der Waals surface area (Å²) >= 11 is 1.75. The second-order valence-corrected chi connectivity index (χ2v) is 5.16. The Morgan fingerprint density at radius 1 is 1.35 bits per heavy atom. The summed E-state index contributed by atoms with van der Waals surface area (Å²) in [5.41, 5.74) is 6.14. The highest BCUT2D eigenvalue weighted by Gasteiger charge is 2.14. The van der Waals surface area contributed by atoms with E-state index >= 15 is 0 Å². The van der Waals surface area contributed by atoms with Crippen LogP contribution in [0, 0.1) is 13.8 Å². The van der Waals surface area contributed by atoms with Crippen molar-refractivity contribution in [3.05, 3.63) is 51.5 Å². The number of hydrogen-bond acceptors (Lipinski definition) is 4. The van der Waals surface area contributed by atoms with Crippen LogP contribution in [0.4, 0.5) is 0 Å². The summed E-state index contributed by atoms with van der Waals surface area (Å²) in [7, 11) is 0. The van der Waals surface area contributed by atoms with Crippen LogP contribution in [0.15, 0.2) is 29.6 Å². The molecule has 2 aromatic heterocycles. The lowest BCUT2D eigenvalue weighted by Crippen LogP contribution is -2.30. The van der Waals surface area contributed by atoms with Crippen molar-refractivity contribution in [2.45, 2.75) is 26.3 Å². The molecule has 2 aromatic rings. The monoisotopic (exact) mass is 247 g/mol. The Bertz CT molecular complexity index is 479. The van der Waals surface area contributed by atoms with Gasteiger partial charge in [0, 0.05) is 22.7 Å². The summed E-state index contributed by atoms with van der Waals surface area (Å²) in [6, 6.07) is 8.46. The van der Waals surface area contributed by atoms with Crippen LogP contribution in [0.1, 0.15) is 27.9 Å². The third-order valence-electron chi connectivity index (χ3n) is 2.83. The number of pyridine rings is 1. The first-order valence-corrected chi connectivity index (χ1v) is 6.51. The zero-order valence-electron chi connectivity index (χ0n) is 10.1. The molecular formula is C13H17N3S. The highest BCUT2D eigenvalue weighted by atomic mass is 32.1. The molecule has 3 nitrogen and oxygen atoms in total. The van der Waals surface area contributed by atoms with Crippen LogP contribution in [0.5, 0.6) is 0 Å². The molecule has 0 bridgehead atoms. The van der Waals surface area contributed by atoms with E-state index in [-0.39, 0.29) is 6.04 Å². The Morgan fingerprint density at radius 2 is 2.18 bits per heavy atom. The van der Waals surface area contributed by atoms with Crippen molar-refractivity contribution in [3.63, 3.8) is 0 Å². The summed E-state index contributed by atoms with van der Waals surface area (Å²) in [5.74, 6) is 5.66. The Hall–Kier alpha value is -1.23. The van der Waals surface area contributed by atoms with E-state index in [9.17, 15) is 0 Å². The van der Waals surface area contributed by atoms with Crippen LogP contribution < -0.4 is 11.3 Å². The predicted molar refractivity (Wildman–Crippen MR) is 71.8 cm³/mol. The van der Waals surface area contributed by atoms with Gasteiger partial charge in [-0.1, -0.05) is 12.1 Å². The van der Waals surface area contributed by atoms with Gasteiger partial charge in [0.1, 0.15) is 0 Å². The molecule has 2 rings (SSSR count). The van der Waals surface area contributed by atoms with Crippen LogP contribution in [-0.4, -0.2) is 4.98 Å². The second-order valence-electron chi connectivity index (χ2n) is 4.13. The van der Waals surface area contributed by atoms with E-state index in [1.54, 1.807) is 11.3 Å². The standard InChI is InChI=1S/C13H17N3S/c1-9-5-6-12(10(2)15-9)13(16-14)8-11-4-3-7-17-11/h3-7,13,16H,8,14H2,1-2H3. The largest absolute Gasteiger partial charge is 0.271 e. The fourth-order valence-corrected chi connectivity index (χ4v) is 2.71. The van der Waals surface area contributed by atoms with Gasteiger partial charge in [-0.25, -0.2) is 0 Å². The fraction of sp³-hybridized carbons (Fsp3) is 0.308. The van der Waals surface area contributed by atoms with Gasteiger partial charge < -0.3 is 0 Å². The molecule has 0 spiro atoms.